The van der Waals surface area contributed by atoms with Crippen molar-refractivity contribution in [3.63, 3.8) is 0 Å². The topological polar surface area (TPSA) is 58.2 Å². The summed E-state index contributed by atoms with van der Waals surface area (Å²) in [7, 11) is 0. The van der Waals surface area contributed by atoms with Crippen molar-refractivity contribution in [3.05, 3.63) is 28.7 Å². The number of para-hydroxylation sites is 1. The van der Waals surface area contributed by atoms with E-state index in [9.17, 15) is 9.59 Å². The minimum Gasteiger partial charge on any atom is -0.352 e. The van der Waals surface area contributed by atoms with Gasteiger partial charge in [0.1, 0.15) is 5.41 Å². The predicted octanol–water partition coefficient (Wildman–Crippen LogP) is 4.25. The lowest BCUT2D eigenvalue weighted by Crippen LogP contribution is -2.48. The highest BCUT2D eigenvalue weighted by Gasteiger charge is 2.37. The Kier molecular flexibility index (Phi) is 6.22. The summed E-state index contributed by atoms with van der Waals surface area (Å²) in [6.07, 6.45) is 6.78. The number of rotatable bonds is 4. The third-order valence-electron chi connectivity index (χ3n) is 4.45. The third-order valence-corrected chi connectivity index (χ3v) is 5.14. The molecule has 1 aromatic rings. The fourth-order valence-corrected chi connectivity index (χ4v) is 3.12. The fraction of sp³-hybridized carbons (Fsp3) is 0.556. The first kappa shape index (κ1) is 18.0. The Morgan fingerprint density at radius 2 is 1.65 bits per heavy atom. The second-order valence-electron chi connectivity index (χ2n) is 6.72. The van der Waals surface area contributed by atoms with E-state index in [0.717, 1.165) is 30.2 Å². The van der Waals surface area contributed by atoms with Crippen LogP contribution in [0.5, 0.6) is 0 Å². The van der Waals surface area contributed by atoms with E-state index in [1.54, 1.807) is 19.9 Å². The molecule has 0 unspecified atom stereocenters. The Morgan fingerprint density at radius 3 is 2.26 bits per heavy atom. The first-order chi connectivity index (χ1) is 10.9. The Hall–Kier alpha value is -1.36. The SMILES string of the molecule is CC(C)(C(=O)Nc1ccccc1Br)C(=O)NC1CCCCCC1. The van der Waals surface area contributed by atoms with Crippen LogP contribution in [0.4, 0.5) is 5.69 Å². The Morgan fingerprint density at radius 1 is 1.04 bits per heavy atom. The van der Waals surface area contributed by atoms with Gasteiger partial charge in [-0.3, -0.25) is 9.59 Å². The van der Waals surface area contributed by atoms with Gasteiger partial charge < -0.3 is 10.6 Å². The first-order valence-electron chi connectivity index (χ1n) is 8.28. The molecule has 0 bridgehead atoms. The molecule has 126 valence electrons. The lowest BCUT2D eigenvalue weighted by Gasteiger charge is -2.26. The molecule has 1 aliphatic carbocycles. The molecule has 0 saturated heterocycles. The van der Waals surface area contributed by atoms with Crippen molar-refractivity contribution in [1.29, 1.82) is 0 Å². The monoisotopic (exact) mass is 380 g/mol. The number of carbonyl (C=O) groups excluding carboxylic acids is 2. The number of carbonyl (C=O) groups is 2. The summed E-state index contributed by atoms with van der Waals surface area (Å²) < 4.78 is 0.799. The molecule has 0 aliphatic heterocycles. The van der Waals surface area contributed by atoms with Crippen molar-refractivity contribution in [1.82, 2.24) is 5.32 Å². The molecular formula is C18H25BrN2O2. The van der Waals surface area contributed by atoms with E-state index in [0.29, 0.717) is 5.69 Å². The first-order valence-corrected chi connectivity index (χ1v) is 9.07. The number of halogens is 1. The van der Waals surface area contributed by atoms with Crippen LogP contribution in [0.3, 0.4) is 0 Å². The zero-order valence-electron chi connectivity index (χ0n) is 13.8. The number of hydrogen-bond donors (Lipinski definition) is 2. The average molecular weight is 381 g/mol. The average Bonchev–Trinajstić information content (AvgIpc) is 2.78. The highest BCUT2D eigenvalue weighted by molar-refractivity contribution is 9.10. The standard InChI is InChI=1S/C18H25BrN2O2/c1-18(2,16(22)20-13-9-5-3-4-6-10-13)17(23)21-15-12-8-7-11-14(15)19/h7-8,11-13H,3-6,9-10H2,1-2H3,(H,20,22)(H,21,23). The predicted molar refractivity (Wildman–Crippen MR) is 96.2 cm³/mol. The summed E-state index contributed by atoms with van der Waals surface area (Å²) in [5, 5.41) is 5.90. The third kappa shape index (κ3) is 4.80. The molecule has 23 heavy (non-hydrogen) atoms. The quantitative estimate of drug-likeness (QED) is 0.605. The molecular weight excluding hydrogens is 356 g/mol. The molecule has 2 N–H and O–H groups in total. The molecule has 5 heteroatoms. The highest BCUT2D eigenvalue weighted by atomic mass is 79.9. The number of amides is 2. The minimum atomic E-state index is -1.11. The maximum atomic E-state index is 12.6. The molecule has 0 heterocycles. The van der Waals surface area contributed by atoms with Crippen molar-refractivity contribution in [2.24, 2.45) is 5.41 Å². The number of hydrogen-bond acceptors (Lipinski definition) is 2. The van der Waals surface area contributed by atoms with Crippen molar-refractivity contribution in [2.75, 3.05) is 5.32 Å². The Labute approximate surface area is 146 Å². The van der Waals surface area contributed by atoms with E-state index in [1.807, 2.05) is 18.2 Å². The molecule has 4 nitrogen and oxygen atoms in total. The van der Waals surface area contributed by atoms with E-state index < -0.39 is 5.41 Å². The van der Waals surface area contributed by atoms with Crippen LogP contribution in [-0.4, -0.2) is 17.9 Å². The molecule has 0 aromatic heterocycles. The van der Waals surface area contributed by atoms with Gasteiger partial charge in [0, 0.05) is 10.5 Å². The van der Waals surface area contributed by atoms with Crippen molar-refractivity contribution in [3.8, 4) is 0 Å². The largest absolute Gasteiger partial charge is 0.352 e. The van der Waals surface area contributed by atoms with Crippen LogP contribution in [0.15, 0.2) is 28.7 Å². The van der Waals surface area contributed by atoms with Gasteiger partial charge in [-0.15, -0.1) is 0 Å². The highest BCUT2D eigenvalue weighted by Crippen LogP contribution is 2.25. The van der Waals surface area contributed by atoms with E-state index in [2.05, 4.69) is 26.6 Å². The van der Waals surface area contributed by atoms with Gasteiger partial charge in [-0.25, -0.2) is 0 Å². The van der Waals surface area contributed by atoms with E-state index in [-0.39, 0.29) is 17.9 Å². The zero-order chi connectivity index (χ0) is 16.9. The summed E-state index contributed by atoms with van der Waals surface area (Å²) >= 11 is 3.40. The number of anilines is 1. The van der Waals surface area contributed by atoms with E-state index in [4.69, 9.17) is 0 Å². The van der Waals surface area contributed by atoms with Gasteiger partial charge >= 0.3 is 0 Å². The van der Waals surface area contributed by atoms with Crippen molar-refractivity contribution in [2.45, 2.75) is 58.4 Å². The van der Waals surface area contributed by atoms with E-state index in [1.165, 1.54) is 12.8 Å². The maximum absolute atomic E-state index is 12.6. The molecule has 0 spiro atoms. The summed E-state index contributed by atoms with van der Waals surface area (Å²) in [4.78, 5) is 25.1. The summed E-state index contributed by atoms with van der Waals surface area (Å²) in [6.45, 7) is 3.34. The second-order valence-corrected chi connectivity index (χ2v) is 7.58. The second kappa shape index (κ2) is 7.95. The van der Waals surface area contributed by atoms with Crippen LogP contribution in [0.1, 0.15) is 52.4 Å². The van der Waals surface area contributed by atoms with Crippen LogP contribution in [-0.2, 0) is 9.59 Å². The van der Waals surface area contributed by atoms with Crippen LogP contribution in [0.25, 0.3) is 0 Å². The molecule has 0 atom stereocenters. The van der Waals surface area contributed by atoms with Crippen LogP contribution in [0.2, 0.25) is 0 Å². The number of nitrogens with one attached hydrogen (secondary N) is 2. The van der Waals surface area contributed by atoms with Gasteiger partial charge in [-0.2, -0.15) is 0 Å². The minimum absolute atomic E-state index is 0.195. The zero-order valence-corrected chi connectivity index (χ0v) is 15.4. The maximum Gasteiger partial charge on any atom is 0.239 e. The fourth-order valence-electron chi connectivity index (χ4n) is 2.73. The summed E-state index contributed by atoms with van der Waals surface area (Å²) in [6, 6.07) is 7.58. The van der Waals surface area contributed by atoms with Crippen LogP contribution < -0.4 is 10.6 Å². The summed E-state index contributed by atoms with van der Waals surface area (Å²) in [5.41, 5.74) is -0.436. The molecule has 0 radical (unpaired) electrons. The van der Waals surface area contributed by atoms with Gasteiger partial charge in [0.05, 0.1) is 5.69 Å². The molecule has 1 saturated carbocycles. The van der Waals surface area contributed by atoms with Crippen LogP contribution >= 0.6 is 15.9 Å². The normalized spacial score (nSPS) is 16.5. The molecule has 1 fully saturated rings. The van der Waals surface area contributed by atoms with Crippen LogP contribution in [0, 0.1) is 5.41 Å². The molecule has 2 amide bonds. The molecule has 2 rings (SSSR count). The van der Waals surface area contributed by atoms with Gasteiger partial charge in [-0.1, -0.05) is 37.8 Å². The summed E-state index contributed by atoms with van der Waals surface area (Å²) in [5.74, 6) is -0.496. The smallest absolute Gasteiger partial charge is 0.239 e. The lowest BCUT2D eigenvalue weighted by atomic mass is 9.90. The van der Waals surface area contributed by atoms with Crippen molar-refractivity contribution < 1.29 is 9.59 Å². The lowest BCUT2D eigenvalue weighted by molar-refractivity contribution is -0.138. The number of benzene rings is 1. The van der Waals surface area contributed by atoms with E-state index >= 15 is 0 Å². The van der Waals surface area contributed by atoms with Crippen molar-refractivity contribution >= 4 is 33.4 Å². The Bertz CT molecular complexity index is 564. The van der Waals surface area contributed by atoms with Gasteiger partial charge in [0.2, 0.25) is 11.8 Å². The Balaban J connectivity index is 1.99. The molecule has 1 aromatic carbocycles. The van der Waals surface area contributed by atoms with Gasteiger partial charge in [0.15, 0.2) is 0 Å². The van der Waals surface area contributed by atoms with Gasteiger partial charge in [0.25, 0.3) is 0 Å². The molecule has 1 aliphatic rings. The van der Waals surface area contributed by atoms with Gasteiger partial charge in [-0.05, 0) is 54.8 Å².